The molecule has 1 heterocycles. The molecule has 3 aliphatic rings. The van der Waals surface area contributed by atoms with Gasteiger partial charge in [0.1, 0.15) is 0 Å². The van der Waals surface area contributed by atoms with Gasteiger partial charge in [-0.15, -0.1) is 0 Å². The third kappa shape index (κ3) is 3.11. The maximum atomic E-state index is 5.49. The number of morpholine rings is 1. The molecule has 0 aromatic rings. The Labute approximate surface area is 138 Å². The second-order valence-corrected chi connectivity index (χ2v) is 8.13. The quantitative estimate of drug-likeness (QED) is 0.741. The summed E-state index contributed by atoms with van der Waals surface area (Å²) in [6, 6.07) is 0. The van der Waals surface area contributed by atoms with Gasteiger partial charge in [-0.2, -0.15) is 0 Å². The fraction of sp³-hybridized carbons (Fsp3) is 0.889. The Hall–Kier alpha value is 0.140. The van der Waals surface area contributed by atoms with Gasteiger partial charge in [0, 0.05) is 19.6 Å². The number of rotatable bonds is 3. The Bertz CT molecular complexity index is 391. The van der Waals surface area contributed by atoms with Crippen LogP contribution in [0.15, 0.2) is 10.6 Å². The minimum atomic E-state index is 0.545. The molecule has 0 amide bonds. The van der Waals surface area contributed by atoms with E-state index in [4.69, 9.17) is 4.74 Å². The lowest BCUT2D eigenvalue weighted by molar-refractivity contribution is 0.0155. The average molecular weight is 356 g/mol. The molecule has 0 aromatic carbocycles. The zero-order chi connectivity index (χ0) is 14.9. The lowest BCUT2D eigenvalue weighted by Gasteiger charge is -2.45. The van der Waals surface area contributed by atoms with E-state index in [0.29, 0.717) is 5.41 Å². The number of ether oxygens (including phenoxy) is 1. The molecule has 1 aliphatic heterocycles. The van der Waals surface area contributed by atoms with Crippen LogP contribution in [0.3, 0.4) is 0 Å². The number of hydrogen-bond acceptors (Lipinski definition) is 2. The topological polar surface area (TPSA) is 12.5 Å². The second kappa shape index (κ2) is 6.72. The molecule has 0 unspecified atom stereocenters. The van der Waals surface area contributed by atoms with Crippen LogP contribution in [0.4, 0.5) is 0 Å². The highest BCUT2D eigenvalue weighted by Gasteiger charge is 2.50. The van der Waals surface area contributed by atoms with E-state index < -0.39 is 0 Å². The van der Waals surface area contributed by atoms with Crippen LogP contribution in [0.5, 0.6) is 0 Å². The van der Waals surface area contributed by atoms with Crippen LogP contribution in [-0.2, 0) is 4.74 Å². The second-order valence-electron chi connectivity index (χ2n) is 7.67. The zero-order valence-electron chi connectivity index (χ0n) is 13.6. The molecule has 2 nitrogen and oxygen atoms in total. The summed E-state index contributed by atoms with van der Waals surface area (Å²) in [5.74, 6) is 2.55. The lowest BCUT2D eigenvalue weighted by Crippen LogP contribution is -2.43. The lowest BCUT2D eigenvalue weighted by atomic mass is 9.61. The van der Waals surface area contributed by atoms with Crippen molar-refractivity contribution < 1.29 is 4.74 Å². The Kier molecular flexibility index (Phi) is 5.12. The number of fused-ring (bicyclic) bond motifs is 1. The average Bonchev–Trinajstić information content (AvgIpc) is 2.85. The van der Waals surface area contributed by atoms with Crippen molar-refractivity contribution in [3.05, 3.63) is 10.6 Å². The smallest absolute Gasteiger partial charge is 0.0594 e. The summed E-state index contributed by atoms with van der Waals surface area (Å²) in [4.78, 5) is 4.86. The first-order valence-electron chi connectivity index (χ1n) is 8.74. The van der Waals surface area contributed by atoms with Gasteiger partial charge in [-0.25, -0.2) is 0 Å². The van der Waals surface area contributed by atoms with Gasteiger partial charge in [0.05, 0.1) is 13.2 Å². The molecule has 3 heteroatoms. The molecule has 3 rings (SSSR count). The molecule has 1 saturated heterocycles. The molecule has 0 aromatic heterocycles. The molecule has 0 bridgehead atoms. The fourth-order valence-electron chi connectivity index (χ4n) is 5.46. The highest BCUT2D eigenvalue weighted by molar-refractivity contribution is 9.11. The minimum Gasteiger partial charge on any atom is -0.379 e. The van der Waals surface area contributed by atoms with Gasteiger partial charge in [0.25, 0.3) is 0 Å². The Morgan fingerprint density at radius 3 is 2.86 bits per heavy atom. The van der Waals surface area contributed by atoms with Crippen LogP contribution < -0.4 is 0 Å². The Balaban J connectivity index is 1.67. The van der Waals surface area contributed by atoms with E-state index in [9.17, 15) is 0 Å². The predicted octanol–water partition coefficient (Wildman–Crippen LogP) is 4.45. The van der Waals surface area contributed by atoms with Crippen molar-refractivity contribution in [1.29, 1.82) is 0 Å². The van der Waals surface area contributed by atoms with E-state index in [2.05, 4.69) is 39.7 Å². The van der Waals surface area contributed by atoms with Gasteiger partial charge in [-0.1, -0.05) is 35.4 Å². The zero-order valence-corrected chi connectivity index (χ0v) is 15.2. The number of allylic oxidation sites excluding steroid dienone is 1. The third-order valence-electron chi connectivity index (χ3n) is 6.51. The molecule has 0 spiro atoms. The Morgan fingerprint density at radius 2 is 2.14 bits per heavy atom. The van der Waals surface area contributed by atoms with Gasteiger partial charge < -0.3 is 4.74 Å². The van der Waals surface area contributed by atoms with Crippen LogP contribution in [0.2, 0.25) is 0 Å². The van der Waals surface area contributed by atoms with Gasteiger partial charge >= 0.3 is 0 Å². The largest absolute Gasteiger partial charge is 0.379 e. The van der Waals surface area contributed by atoms with Gasteiger partial charge in [0.15, 0.2) is 0 Å². The fourth-order valence-corrected chi connectivity index (χ4v) is 6.01. The summed E-state index contributed by atoms with van der Waals surface area (Å²) in [5, 5.41) is 0. The van der Waals surface area contributed by atoms with E-state index in [0.717, 1.165) is 44.1 Å². The SMILES string of the molecule is C[C@@H](CN1CCOCC1)[C@H]1CC[C@H]2/C(=C/Br)CCC[C@]12C. The molecular formula is C18H30BrNO. The summed E-state index contributed by atoms with van der Waals surface area (Å²) in [6.45, 7) is 10.5. The first kappa shape index (κ1) is 16.0. The number of nitrogens with zero attached hydrogens (tertiary/aromatic N) is 1. The normalized spacial score (nSPS) is 41.2. The standard InChI is InChI=1S/C18H30BrNO/c1-14(13-20-8-10-21-11-9-20)16-5-6-17-15(12-19)4-3-7-18(16,17)2/h12,14,16-17H,3-11,13H2,1-2H3/b15-12+/t14-,16+,17-,18+/m0/s1. The van der Waals surface area contributed by atoms with E-state index in [-0.39, 0.29) is 0 Å². The van der Waals surface area contributed by atoms with Crippen molar-refractivity contribution in [2.24, 2.45) is 23.2 Å². The van der Waals surface area contributed by atoms with E-state index in [1.165, 1.54) is 38.6 Å². The molecule has 2 aliphatic carbocycles. The van der Waals surface area contributed by atoms with E-state index >= 15 is 0 Å². The monoisotopic (exact) mass is 355 g/mol. The summed E-state index contributed by atoms with van der Waals surface area (Å²) >= 11 is 3.62. The first-order chi connectivity index (χ1) is 10.1. The molecule has 2 saturated carbocycles. The third-order valence-corrected chi connectivity index (χ3v) is 7.10. The summed E-state index contributed by atoms with van der Waals surface area (Å²) in [7, 11) is 0. The summed E-state index contributed by atoms with van der Waals surface area (Å²) < 4.78 is 5.49. The molecule has 21 heavy (non-hydrogen) atoms. The Morgan fingerprint density at radius 1 is 1.38 bits per heavy atom. The van der Waals surface area contributed by atoms with Gasteiger partial charge in [-0.05, 0) is 60.3 Å². The molecular weight excluding hydrogens is 326 g/mol. The summed E-state index contributed by atoms with van der Waals surface area (Å²) in [6.07, 6.45) is 6.96. The van der Waals surface area contributed by atoms with Crippen molar-refractivity contribution in [3.8, 4) is 0 Å². The highest BCUT2D eigenvalue weighted by atomic mass is 79.9. The van der Waals surface area contributed by atoms with Crippen molar-refractivity contribution in [1.82, 2.24) is 4.90 Å². The van der Waals surface area contributed by atoms with Crippen LogP contribution in [0.25, 0.3) is 0 Å². The molecule has 0 N–H and O–H groups in total. The summed E-state index contributed by atoms with van der Waals surface area (Å²) in [5.41, 5.74) is 2.23. The van der Waals surface area contributed by atoms with Crippen LogP contribution in [0.1, 0.15) is 46.0 Å². The van der Waals surface area contributed by atoms with Crippen molar-refractivity contribution in [2.45, 2.75) is 46.0 Å². The van der Waals surface area contributed by atoms with Crippen molar-refractivity contribution >= 4 is 15.9 Å². The molecule has 4 atom stereocenters. The maximum Gasteiger partial charge on any atom is 0.0594 e. The van der Waals surface area contributed by atoms with Crippen LogP contribution in [0, 0.1) is 23.2 Å². The van der Waals surface area contributed by atoms with E-state index in [1.54, 1.807) is 5.57 Å². The maximum absolute atomic E-state index is 5.49. The van der Waals surface area contributed by atoms with Crippen LogP contribution >= 0.6 is 15.9 Å². The van der Waals surface area contributed by atoms with Gasteiger partial charge in [-0.3, -0.25) is 4.90 Å². The molecule has 0 radical (unpaired) electrons. The van der Waals surface area contributed by atoms with Crippen LogP contribution in [-0.4, -0.2) is 37.7 Å². The molecule has 3 fully saturated rings. The first-order valence-corrected chi connectivity index (χ1v) is 9.66. The van der Waals surface area contributed by atoms with Crippen molar-refractivity contribution in [3.63, 3.8) is 0 Å². The van der Waals surface area contributed by atoms with Gasteiger partial charge in [0.2, 0.25) is 0 Å². The van der Waals surface area contributed by atoms with Crippen molar-refractivity contribution in [2.75, 3.05) is 32.8 Å². The van der Waals surface area contributed by atoms with E-state index in [1.807, 2.05) is 0 Å². The minimum absolute atomic E-state index is 0.545. The number of hydrogen-bond donors (Lipinski definition) is 0. The number of halogens is 1. The highest BCUT2D eigenvalue weighted by Crippen LogP contribution is 2.59. The predicted molar refractivity (Wildman–Crippen MR) is 91.6 cm³/mol. The molecule has 120 valence electrons.